The SMILES string of the molecule is Cc1ncnn1-c1ccc(C(=O)O)cc1F. The Labute approximate surface area is 90.2 Å². The monoisotopic (exact) mass is 221 g/mol. The molecule has 6 heteroatoms. The molecule has 0 fully saturated rings. The predicted molar refractivity (Wildman–Crippen MR) is 53.0 cm³/mol. The molecule has 0 aliphatic carbocycles. The first-order valence-electron chi connectivity index (χ1n) is 4.49. The summed E-state index contributed by atoms with van der Waals surface area (Å²) in [5.74, 6) is -1.28. The molecule has 0 atom stereocenters. The van der Waals surface area contributed by atoms with Crippen LogP contribution in [0.25, 0.3) is 5.69 Å². The average molecular weight is 221 g/mol. The number of aromatic carboxylic acids is 1. The highest BCUT2D eigenvalue weighted by Gasteiger charge is 2.11. The third-order valence-corrected chi connectivity index (χ3v) is 2.14. The highest BCUT2D eigenvalue weighted by Crippen LogP contribution is 2.15. The van der Waals surface area contributed by atoms with Gasteiger partial charge in [0.05, 0.1) is 5.56 Å². The highest BCUT2D eigenvalue weighted by atomic mass is 19.1. The molecule has 5 nitrogen and oxygen atoms in total. The predicted octanol–water partition coefficient (Wildman–Crippen LogP) is 1.41. The lowest BCUT2D eigenvalue weighted by Gasteiger charge is -2.05. The Bertz CT molecular complexity index is 551. The zero-order valence-corrected chi connectivity index (χ0v) is 8.38. The first-order chi connectivity index (χ1) is 7.59. The fourth-order valence-corrected chi connectivity index (χ4v) is 1.35. The van der Waals surface area contributed by atoms with Crippen molar-refractivity contribution in [3.63, 3.8) is 0 Å². The molecule has 0 saturated carbocycles. The summed E-state index contributed by atoms with van der Waals surface area (Å²) in [6.07, 6.45) is 1.31. The van der Waals surface area contributed by atoms with Crippen LogP contribution in [0.5, 0.6) is 0 Å². The first kappa shape index (κ1) is 10.3. The molecule has 1 aromatic heterocycles. The van der Waals surface area contributed by atoms with Gasteiger partial charge in [-0.3, -0.25) is 0 Å². The molecule has 82 valence electrons. The van der Waals surface area contributed by atoms with Crippen molar-refractivity contribution < 1.29 is 14.3 Å². The molecule has 2 rings (SSSR count). The van der Waals surface area contributed by atoms with Gasteiger partial charge in [-0.05, 0) is 25.1 Å². The molecule has 2 aromatic rings. The van der Waals surface area contributed by atoms with Crippen LogP contribution in [0, 0.1) is 12.7 Å². The van der Waals surface area contributed by atoms with Gasteiger partial charge in [0, 0.05) is 0 Å². The molecule has 1 aromatic carbocycles. The Morgan fingerprint density at radius 2 is 2.25 bits per heavy atom. The maximum atomic E-state index is 13.6. The maximum Gasteiger partial charge on any atom is 0.335 e. The third kappa shape index (κ3) is 1.65. The number of rotatable bonds is 2. The Morgan fingerprint density at radius 1 is 1.50 bits per heavy atom. The van der Waals surface area contributed by atoms with Gasteiger partial charge < -0.3 is 5.11 Å². The van der Waals surface area contributed by atoms with Gasteiger partial charge in [0.2, 0.25) is 0 Å². The van der Waals surface area contributed by atoms with E-state index in [0.717, 1.165) is 6.07 Å². The zero-order valence-electron chi connectivity index (χ0n) is 8.38. The van der Waals surface area contributed by atoms with E-state index in [1.165, 1.54) is 23.1 Å². The van der Waals surface area contributed by atoms with Gasteiger partial charge in [-0.1, -0.05) is 0 Å². The number of nitrogens with zero attached hydrogens (tertiary/aromatic N) is 3. The molecule has 1 N–H and O–H groups in total. The lowest BCUT2D eigenvalue weighted by atomic mass is 10.2. The summed E-state index contributed by atoms with van der Waals surface area (Å²) >= 11 is 0. The van der Waals surface area contributed by atoms with Crippen LogP contribution in [0.1, 0.15) is 16.2 Å². The molecule has 0 aliphatic rings. The Morgan fingerprint density at radius 3 is 2.75 bits per heavy atom. The van der Waals surface area contributed by atoms with Gasteiger partial charge in [-0.15, -0.1) is 0 Å². The van der Waals surface area contributed by atoms with Crippen molar-refractivity contribution in [1.82, 2.24) is 14.8 Å². The standard InChI is InChI=1S/C10H8FN3O2/c1-6-12-5-13-14(6)9-3-2-7(10(15)16)4-8(9)11/h2-5H,1H3,(H,15,16). The normalized spacial score (nSPS) is 10.4. The van der Waals surface area contributed by atoms with Gasteiger partial charge in [0.15, 0.2) is 0 Å². The van der Waals surface area contributed by atoms with Crippen LogP contribution in [-0.4, -0.2) is 25.8 Å². The van der Waals surface area contributed by atoms with E-state index in [4.69, 9.17) is 5.11 Å². The Balaban J connectivity index is 2.52. The summed E-state index contributed by atoms with van der Waals surface area (Å²) in [5.41, 5.74) is 0.0824. The van der Waals surface area contributed by atoms with E-state index in [1.807, 2.05) is 0 Å². The number of carboxylic acid groups (broad SMARTS) is 1. The number of aryl methyl sites for hydroxylation is 1. The number of aromatic nitrogens is 3. The van der Waals surface area contributed by atoms with E-state index in [0.29, 0.717) is 5.82 Å². The summed E-state index contributed by atoms with van der Waals surface area (Å²) in [6, 6.07) is 3.64. The summed E-state index contributed by atoms with van der Waals surface area (Å²) < 4.78 is 14.9. The average Bonchev–Trinajstić information content (AvgIpc) is 2.64. The van der Waals surface area contributed by atoms with E-state index in [9.17, 15) is 9.18 Å². The van der Waals surface area contributed by atoms with Gasteiger partial charge in [-0.25, -0.2) is 18.9 Å². The van der Waals surface area contributed by atoms with E-state index >= 15 is 0 Å². The molecule has 0 amide bonds. The molecule has 0 spiro atoms. The minimum Gasteiger partial charge on any atom is -0.478 e. The molecule has 16 heavy (non-hydrogen) atoms. The van der Waals surface area contributed by atoms with Crippen LogP contribution in [0.2, 0.25) is 0 Å². The minimum absolute atomic E-state index is 0.0981. The van der Waals surface area contributed by atoms with Gasteiger partial charge in [-0.2, -0.15) is 5.10 Å². The van der Waals surface area contributed by atoms with Crippen LogP contribution in [0.15, 0.2) is 24.5 Å². The van der Waals surface area contributed by atoms with Crippen LogP contribution in [-0.2, 0) is 0 Å². The van der Waals surface area contributed by atoms with E-state index in [2.05, 4.69) is 10.1 Å². The quantitative estimate of drug-likeness (QED) is 0.832. The van der Waals surface area contributed by atoms with Crippen molar-refractivity contribution in [3.8, 4) is 5.69 Å². The second-order valence-electron chi connectivity index (χ2n) is 3.19. The number of carbonyl (C=O) groups is 1. The molecule has 0 aliphatic heterocycles. The number of benzene rings is 1. The molecule has 0 bridgehead atoms. The topological polar surface area (TPSA) is 68.0 Å². The zero-order chi connectivity index (χ0) is 11.7. The molecular formula is C10H8FN3O2. The van der Waals surface area contributed by atoms with Gasteiger partial charge in [0.25, 0.3) is 0 Å². The van der Waals surface area contributed by atoms with Crippen molar-refractivity contribution in [2.75, 3.05) is 0 Å². The first-order valence-corrected chi connectivity index (χ1v) is 4.49. The molecule has 0 saturated heterocycles. The molecule has 0 unspecified atom stereocenters. The number of hydrogen-bond donors (Lipinski definition) is 1. The second-order valence-corrected chi connectivity index (χ2v) is 3.19. The number of halogens is 1. The molecular weight excluding hydrogens is 213 g/mol. The summed E-state index contributed by atoms with van der Waals surface area (Å²) in [5, 5.41) is 12.5. The lowest BCUT2D eigenvalue weighted by Crippen LogP contribution is -2.04. The largest absolute Gasteiger partial charge is 0.478 e. The van der Waals surface area contributed by atoms with Crippen molar-refractivity contribution >= 4 is 5.97 Å². The smallest absolute Gasteiger partial charge is 0.335 e. The molecule has 1 heterocycles. The van der Waals surface area contributed by atoms with Crippen molar-refractivity contribution in [1.29, 1.82) is 0 Å². The fourth-order valence-electron chi connectivity index (χ4n) is 1.35. The fraction of sp³-hybridized carbons (Fsp3) is 0.100. The van der Waals surface area contributed by atoms with E-state index < -0.39 is 11.8 Å². The second kappa shape index (κ2) is 3.73. The van der Waals surface area contributed by atoms with Crippen molar-refractivity contribution in [2.24, 2.45) is 0 Å². The number of hydrogen-bond acceptors (Lipinski definition) is 3. The van der Waals surface area contributed by atoms with E-state index in [1.54, 1.807) is 6.92 Å². The van der Waals surface area contributed by atoms with Crippen molar-refractivity contribution in [3.05, 3.63) is 41.7 Å². The highest BCUT2D eigenvalue weighted by molar-refractivity contribution is 5.87. The Hall–Kier alpha value is -2.24. The lowest BCUT2D eigenvalue weighted by molar-refractivity contribution is 0.0696. The van der Waals surface area contributed by atoms with E-state index in [-0.39, 0.29) is 11.3 Å². The number of carboxylic acids is 1. The summed E-state index contributed by atoms with van der Waals surface area (Å²) in [4.78, 5) is 14.5. The maximum absolute atomic E-state index is 13.6. The van der Waals surface area contributed by atoms with Crippen LogP contribution in [0.4, 0.5) is 4.39 Å². The van der Waals surface area contributed by atoms with Crippen molar-refractivity contribution in [2.45, 2.75) is 6.92 Å². The van der Waals surface area contributed by atoms with Crippen LogP contribution < -0.4 is 0 Å². The van der Waals surface area contributed by atoms with Crippen LogP contribution in [0.3, 0.4) is 0 Å². The summed E-state index contributed by atoms with van der Waals surface area (Å²) in [6.45, 7) is 1.68. The molecule has 0 radical (unpaired) electrons. The third-order valence-electron chi connectivity index (χ3n) is 2.14. The van der Waals surface area contributed by atoms with Gasteiger partial charge in [0.1, 0.15) is 23.7 Å². The summed E-state index contributed by atoms with van der Waals surface area (Å²) in [7, 11) is 0. The van der Waals surface area contributed by atoms with Crippen LogP contribution >= 0.6 is 0 Å². The van der Waals surface area contributed by atoms with Gasteiger partial charge >= 0.3 is 5.97 Å². The minimum atomic E-state index is -1.17. The Kier molecular flexibility index (Phi) is 2.40.